The number of rotatable bonds is 1. The summed E-state index contributed by atoms with van der Waals surface area (Å²) < 4.78 is 0.844. The van der Waals surface area contributed by atoms with Gasteiger partial charge in [-0.05, 0) is 25.1 Å². The standard InChI is InChI=1S/C13H8BrClN2O/c1-7-4-10(11(6-16)13(18)17-7)9-3-2-8(14)5-12(9)15/h2-5H,1H3,(H,17,18). The van der Waals surface area contributed by atoms with Crippen LogP contribution in [0.25, 0.3) is 11.1 Å². The van der Waals surface area contributed by atoms with Gasteiger partial charge in [0.25, 0.3) is 5.56 Å². The van der Waals surface area contributed by atoms with Crippen LogP contribution in [0.1, 0.15) is 11.3 Å². The van der Waals surface area contributed by atoms with Crippen molar-refractivity contribution in [1.29, 1.82) is 5.26 Å². The summed E-state index contributed by atoms with van der Waals surface area (Å²) in [5.74, 6) is 0. The van der Waals surface area contributed by atoms with E-state index in [0.717, 1.165) is 4.47 Å². The molecule has 0 aliphatic carbocycles. The minimum atomic E-state index is -0.397. The summed E-state index contributed by atoms with van der Waals surface area (Å²) in [6.07, 6.45) is 0. The smallest absolute Gasteiger partial charge is 0.266 e. The van der Waals surface area contributed by atoms with Crippen LogP contribution in [0.5, 0.6) is 0 Å². The van der Waals surface area contributed by atoms with Gasteiger partial charge in [0.15, 0.2) is 0 Å². The fourth-order valence-electron chi connectivity index (χ4n) is 1.72. The van der Waals surface area contributed by atoms with Gasteiger partial charge in [-0.1, -0.05) is 33.6 Å². The Kier molecular flexibility index (Phi) is 3.55. The van der Waals surface area contributed by atoms with E-state index in [1.165, 1.54) is 0 Å². The zero-order valence-electron chi connectivity index (χ0n) is 9.42. The number of nitrogens with zero attached hydrogens (tertiary/aromatic N) is 1. The van der Waals surface area contributed by atoms with Gasteiger partial charge in [-0.3, -0.25) is 4.79 Å². The highest BCUT2D eigenvalue weighted by atomic mass is 79.9. The molecule has 90 valence electrons. The number of nitrogens with one attached hydrogen (secondary N) is 1. The van der Waals surface area contributed by atoms with Crippen LogP contribution in [-0.4, -0.2) is 4.98 Å². The molecule has 0 fully saturated rings. The minimum Gasteiger partial charge on any atom is -0.325 e. The second-order valence-corrected chi connectivity index (χ2v) is 5.13. The fourth-order valence-corrected chi connectivity index (χ4v) is 2.50. The molecular weight excluding hydrogens is 316 g/mol. The molecule has 2 rings (SSSR count). The van der Waals surface area contributed by atoms with Gasteiger partial charge in [-0.2, -0.15) is 5.26 Å². The van der Waals surface area contributed by atoms with Crippen LogP contribution in [0.3, 0.4) is 0 Å². The van der Waals surface area contributed by atoms with E-state index < -0.39 is 5.56 Å². The lowest BCUT2D eigenvalue weighted by molar-refractivity contribution is 1.13. The molecule has 5 heteroatoms. The van der Waals surface area contributed by atoms with Crippen LogP contribution < -0.4 is 5.56 Å². The minimum absolute atomic E-state index is 0.0739. The number of pyridine rings is 1. The number of aromatic amines is 1. The molecule has 0 spiro atoms. The summed E-state index contributed by atoms with van der Waals surface area (Å²) in [5, 5.41) is 9.57. The Morgan fingerprint density at radius 3 is 2.67 bits per heavy atom. The third kappa shape index (κ3) is 2.33. The topological polar surface area (TPSA) is 56.6 Å². The van der Waals surface area contributed by atoms with Gasteiger partial charge in [0.05, 0.1) is 0 Å². The molecule has 0 saturated carbocycles. The Labute approximate surface area is 117 Å². The largest absolute Gasteiger partial charge is 0.325 e. The normalized spacial score (nSPS) is 10.1. The lowest BCUT2D eigenvalue weighted by Crippen LogP contribution is -2.12. The molecule has 1 aromatic heterocycles. The Morgan fingerprint density at radius 2 is 2.06 bits per heavy atom. The molecule has 0 saturated heterocycles. The summed E-state index contributed by atoms with van der Waals surface area (Å²) in [5.41, 5.74) is 1.59. The monoisotopic (exact) mass is 322 g/mol. The molecule has 0 atom stereocenters. The quantitative estimate of drug-likeness (QED) is 0.871. The van der Waals surface area contributed by atoms with Crippen molar-refractivity contribution in [1.82, 2.24) is 4.98 Å². The SMILES string of the molecule is Cc1cc(-c2ccc(Br)cc2Cl)c(C#N)c(=O)[nH]1. The summed E-state index contributed by atoms with van der Waals surface area (Å²) >= 11 is 9.46. The molecular formula is C13H8BrClN2O. The van der Waals surface area contributed by atoms with Crippen molar-refractivity contribution in [2.75, 3.05) is 0 Å². The van der Waals surface area contributed by atoms with Crippen molar-refractivity contribution in [3.8, 4) is 17.2 Å². The molecule has 0 aliphatic rings. The highest BCUT2D eigenvalue weighted by Crippen LogP contribution is 2.31. The van der Waals surface area contributed by atoms with Crippen molar-refractivity contribution < 1.29 is 0 Å². The first-order valence-corrected chi connectivity index (χ1v) is 6.29. The van der Waals surface area contributed by atoms with Gasteiger partial charge in [0, 0.05) is 26.3 Å². The number of aryl methyl sites for hydroxylation is 1. The first-order chi connectivity index (χ1) is 8.52. The summed E-state index contributed by atoms with van der Waals surface area (Å²) in [4.78, 5) is 14.3. The highest BCUT2D eigenvalue weighted by Gasteiger charge is 2.12. The van der Waals surface area contributed by atoms with Gasteiger partial charge >= 0.3 is 0 Å². The average Bonchev–Trinajstić information content (AvgIpc) is 2.28. The molecule has 1 N–H and O–H groups in total. The summed E-state index contributed by atoms with van der Waals surface area (Å²) in [7, 11) is 0. The molecule has 0 unspecified atom stereocenters. The zero-order valence-corrected chi connectivity index (χ0v) is 11.8. The number of nitriles is 1. The molecule has 18 heavy (non-hydrogen) atoms. The number of halogens is 2. The second-order valence-electron chi connectivity index (χ2n) is 3.81. The first-order valence-electron chi connectivity index (χ1n) is 5.12. The van der Waals surface area contributed by atoms with E-state index in [4.69, 9.17) is 16.9 Å². The maximum absolute atomic E-state index is 11.7. The number of hydrogen-bond donors (Lipinski definition) is 1. The van der Waals surface area contributed by atoms with Crippen molar-refractivity contribution in [2.24, 2.45) is 0 Å². The Bertz CT molecular complexity index is 716. The van der Waals surface area contributed by atoms with Crippen molar-refractivity contribution in [2.45, 2.75) is 6.92 Å². The van der Waals surface area contributed by atoms with Crippen LogP contribution in [0, 0.1) is 18.3 Å². The first kappa shape index (κ1) is 12.9. The highest BCUT2D eigenvalue weighted by molar-refractivity contribution is 9.10. The van der Waals surface area contributed by atoms with E-state index in [1.54, 1.807) is 25.1 Å². The lowest BCUT2D eigenvalue weighted by atomic mass is 10.0. The molecule has 0 aliphatic heterocycles. The maximum Gasteiger partial charge on any atom is 0.266 e. The summed E-state index contributed by atoms with van der Waals surface area (Å²) in [6, 6.07) is 8.99. The van der Waals surface area contributed by atoms with Crippen LogP contribution in [0.4, 0.5) is 0 Å². The van der Waals surface area contributed by atoms with Crippen LogP contribution in [-0.2, 0) is 0 Å². The van der Waals surface area contributed by atoms with Gasteiger partial charge in [-0.15, -0.1) is 0 Å². The van der Waals surface area contributed by atoms with Crippen molar-refractivity contribution in [3.63, 3.8) is 0 Å². The maximum atomic E-state index is 11.7. The van der Waals surface area contributed by atoms with Gasteiger partial charge < -0.3 is 4.98 Å². The fraction of sp³-hybridized carbons (Fsp3) is 0.0769. The predicted molar refractivity (Wildman–Crippen MR) is 74.7 cm³/mol. The van der Waals surface area contributed by atoms with E-state index in [0.29, 0.717) is 21.8 Å². The van der Waals surface area contributed by atoms with Crippen molar-refractivity contribution >= 4 is 27.5 Å². The van der Waals surface area contributed by atoms with Crippen LogP contribution in [0.2, 0.25) is 5.02 Å². The number of H-pyrrole nitrogens is 1. The molecule has 0 amide bonds. The third-order valence-electron chi connectivity index (χ3n) is 2.50. The molecule has 3 nitrogen and oxygen atoms in total. The third-order valence-corrected chi connectivity index (χ3v) is 3.31. The average molecular weight is 324 g/mol. The van der Waals surface area contributed by atoms with Crippen LogP contribution >= 0.6 is 27.5 Å². The zero-order chi connectivity index (χ0) is 13.3. The molecule has 0 radical (unpaired) electrons. The van der Waals surface area contributed by atoms with Gasteiger partial charge in [0.2, 0.25) is 0 Å². The molecule has 1 heterocycles. The van der Waals surface area contributed by atoms with E-state index in [1.807, 2.05) is 12.1 Å². The lowest BCUT2D eigenvalue weighted by Gasteiger charge is -2.07. The van der Waals surface area contributed by atoms with E-state index in [-0.39, 0.29) is 5.56 Å². The van der Waals surface area contributed by atoms with E-state index in [2.05, 4.69) is 20.9 Å². The Balaban J connectivity index is 2.79. The van der Waals surface area contributed by atoms with Gasteiger partial charge in [-0.25, -0.2) is 0 Å². The summed E-state index contributed by atoms with van der Waals surface area (Å²) in [6.45, 7) is 1.76. The van der Waals surface area contributed by atoms with Crippen molar-refractivity contribution in [3.05, 3.63) is 55.4 Å². The van der Waals surface area contributed by atoms with Crippen LogP contribution in [0.15, 0.2) is 33.5 Å². The van der Waals surface area contributed by atoms with E-state index >= 15 is 0 Å². The molecule has 2 aromatic rings. The Hall–Kier alpha value is -1.57. The molecule has 1 aromatic carbocycles. The molecule has 0 bridgehead atoms. The predicted octanol–water partition coefficient (Wildman–Crippen LogP) is 3.64. The number of aromatic nitrogens is 1. The van der Waals surface area contributed by atoms with E-state index in [9.17, 15) is 4.79 Å². The Morgan fingerprint density at radius 1 is 1.33 bits per heavy atom. The van der Waals surface area contributed by atoms with Gasteiger partial charge in [0.1, 0.15) is 11.6 Å². The number of hydrogen-bond acceptors (Lipinski definition) is 2. The number of benzene rings is 1. The second kappa shape index (κ2) is 4.97.